The van der Waals surface area contributed by atoms with Gasteiger partial charge in [0.1, 0.15) is 0 Å². The Kier molecular flexibility index (Phi) is 7.35. The molecule has 5 nitrogen and oxygen atoms in total. The van der Waals surface area contributed by atoms with Crippen molar-refractivity contribution >= 4 is 35.3 Å². The minimum Gasteiger partial charge on any atom is -0.378 e. The second-order valence-electron chi connectivity index (χ2n) is 8.20. The molecular formula is C26H30N4OS. The van der Waals surface area contributed by atoms with Gasteiger partial charge in [-0.15, -0.1) is 0 Å². The molecule has 1 heterocycles. The van der Waals surface area contributed by atoms with E-state index in [1.54, 1.807) is 0 Å². The average Bonchev–Trinajstić information content (AvgIpc) is 3.19. The van der Waals surface area contributed by atoms with Crippen molar-refractivity contribution < 1.29 is 4.74 Å². The average molecular weight is 447 g/mol. The molecule has 0 saturated carbocycles. The lowest BCUT2D eigenvalue weighted by atomic mass is 10.1. The van der Waals surface area contributed by atoms with Gasteiger partial charge < -0.3 is 15.0 Å². The maximum absolute atomic E-state index is 5.58. The largest absolute Gasteiger partial charge is 0.378 e. The molecule has 1 fully saturated rings. The number of hydrazone groups is 1. The molecule has 0 unspecified atom stereocenters. The molecular weight excluding hydrogens is 416 g/mol. The van der Waals surface area contributed by atoms with Crippen molar-refractivity contribution in [2.24, 2.45) is 5.10 Å². The zero-order valence-electron chi connectivity index (χ0n) is 18.7. The van der Waals surface area contributed by atoms with Crippen LogP contribution in [-0.2, 0) is 4.74 Å². The number of nitrogens with one attached hydrogen (secondary N) is 2. The number of ether oxygens (including phenoxy) is 1. The van der Waals surface area contributed by atoms with Crippen LogP contribution in [0, 0.1) is 13.8 Å². The van der Waals surface area contributed by atoms with Gasteiger partial charge in [0.25, 0.3) is 0 Å². The number of hydrogen-bond donors (Lipinski definition) is 2. The van der Waals surface area contributed by atoms with Crippen molar-refractivity contribution in [2.75, 3.05) is 31.6 Å². The third kappa shape index (κ3) is 5.64. The van der Waals surface area contributed by atoms with Gasteiger partial charge in [0.05, 0.1) is 19.4 Å². The zero-order chi connectivity index (χ0) is 22.3. The van der Waals surface area contributed by atoms with Gasteiger partial charge in [0, 0.05) is 24.5 Å². The van der Waals surface area contributed by atoms with Gasteiger partial charge in [-0.25, -0.2) is 0 Å². The number of morpholine rings is 1. The minimum atomic E-state index is 0.486. The third-order valence-corrected chi connectivity index (χ3v) is 5.95. The summed E-state index contributed by atoms with van der Waals surface area (Å²) >= 11 is 5.44. The van der Waals surface area contributed by atoms with Gasteiger partial charge in [-0.05, 0) is 73.3 Å². The molecule has 1 aliphatic heterocycles. The van der Waals surface area contributed by atoms with Crippen LogP contribution < -0.4 is 10.7 Å². The number of aryl methyl sites for hydroxylation is 2. The highest BCUT2D eigenvalue weighted by molar-refractivity contribution is 7.80. The Morgan fingerprint density at radius 2 is 1.84 bits per heavy atom. The second kappa shape index (κ2) is 10.6. The van der Waals surface area contributed by atoms with Crippen LogP contribution in [-0.4, -0.2) is 42.5 Å². The van der Waals surface area contributed by atoms with Gasteiger partial charge in [-0.2, -0.15) is 5.10 Å². The molecule has 2 aliphatic rings. The van der Waals surface area contributed by atoms with E-state index in [1.165, 1.54) is 28.0 Å². The second-order valence-corrected chi connectivity index (χ2v) is 8.60. The van der Waals surface area contributed by atoms with Crippen LogP contribution in [0.3, 0.4) is 0 Å². The third-order valence-electron chi connectivity index (χ3n) is 5.76. The Labute approximate surface area is 195 Å². The van der Waals surface area contributed by atoms with E-state index in [-0.39, 0.29) is 0 Å². The molecule has 0 atom stereocenters. The first kappa shape index (κ1) is 22.2. The van der Waals surface area contributed by atoms with Crippen LogP contribution in [0.25, 0.3) is 6.08 Å². The van der Waals surface area contributed by atoms with Gasteiger partial charge in [-0.1, -0.05) is 48.0 Å². The molecule has 0 aromatic heterocycles. The summed E-state index contributed by atoms with van der Waals surface area (Å²) in [5, 5.41) is 8.18. The van der Waals surface area contributed by atoms with Crippen molar-refractivity contribution in [3.63, 3.8) is 0 Å². The quantitative estimate of drug-likeness (QED) is 0.383. The van der Waals surface area contributed by atoms with E-state index in [4.69, 9.17) is 17.0 Å². The van der Waals surface area contributed by atoms with Crippen LogP contribution in [0.2, 0.25) is 0 Å². The number of hydrogen-bond acceptors (Lipinski definition) is 4. The van der Waals surface area contributed by atoms with Gasteiger partial charge in [0.2, 0.25) is 0 Å². The lowest BCUT2D eigenvalue weighted by Crippen LogP contribution is -2.36. The predicted molar refractivity (Wildman–Crippen MR) is 137 cm³/mol. The van der Waals surface area contributed by atoms with E-state index in [2.05, 4.69) is 77.1 Å². The maximum atomic E-state index is 5.58. The maximum Gasteiger partial charge on any atom is 0.191 e. The SMILES string of the molecule is Cc1ccc(NC(=S)N/N=C/C2=C(N3CCOCC3)C(=C\c3ccccc3)/CC2)c(C)c1. The van der Waals surface area contributed by atoms with E-state index in [0.29, 0.717) is 5.11 Å². The van der Waals surface area contributed by atoms with Crippen molar-refractivity contribution in [3.05, 3.63) is 82.1 Å². The molecule has 0 bridgehead atoms. The Hall–Kier alpha value is -2.96. The molecule has 2 aromatic rings. The first-order chi connectivity index (χ1) is 15.6. The number of benzene rings is 2. The predicted octanol–water partition coefficient (Wildman–Crippen LogP) is 5.04. The van der Waals surface area contributed by atoms with Crippen molar-refractivity contribution in [2.45, 2.75) is 26.7 Å². The van der Waals surface area contributed by atoms with Crippen molar-refractivity contribution in [3.8, 4) is 0 Å². The molecule has 0 radical (unpaired) electrons. The van der Waals surface area contributed by atoms with E-state index < -0.39 is 0 Å². The first-order valence-corrected chi connectivity index (χ1v) is 11.5. The van der Waals surface area contributed by atoms with Crippen molar-refractivity contribution in [1.29, 1.82) is 0 Å². The number of rotatable bonds is 5. The summed E-state index contributed by atoms with van der Waals surface area (Å²) in [6.07, 6.45) is 6.19. The summed E-state index contributed by atoms with van der Waals surface area (Å²) in [6.45, 7) is 7.47. The topological polar surface area (TPSA) is 48.9 Å². The monoisotopic (exact) mass is 446 g/mol. The van der Waals surface area contributed by atoms with Crippen LogP contribution in [0.1, 0.15) is 29.5 Å². The van der Waals surface area contributed by atoms with E-state index in [0.717, 1.165) is 50.4 Å². The molecule has 0 amide bonds. The Morgan fingerprint density at radius 1 is 1.06 bits per heavy atom. The van der Waals surface area contributed by atoms with Crippen LogP contribution >= 0.6 is 12.2 Å². The Bertz CT molecular complexity index is 1050. The highest BCUT2D eigenvalue weighted by Gasteiger charge is 2.25. The fourth-order valence-corrected chi connectivity index (χ4v) is 4.36. The van der Waals surface area contributed by atoms with Crippen molar-refractivity contribution in [1.82, 2.24) is 10.3 Å². The summed E-state index contributed by atoms with van der Waals surface area (Å²) in [7, 11) is 0. The Morgan fingerprint density at radius 3 is 2.59 bits per heavy atom. The van der Waals surface area contributed by atoms with Crippen LogP contribution in [0.15, 0.2) is 70.5 Å². The van der Waals surface area contributed by atoms with Gasteiger partial charge >= 0.3 is 0 Å². The minimum absolute atomic E-state index is 0.486. The van der Waals surface area contributed by atoms with Gasteiger partial charge in [0.15, 0.2) is 5.11 Å². The highest BCUT2D eigenvalue weighted by Crippen LogP contribution is 2.34. The number of allylic oxidation sites excluding steroid dienone is 2. The van der Waals surface area contributed by atoms with E-state index in [1.807, 2.05) is 18.3 Å². The molecule has 1 aliphatic carbocycles. The summed E-state index contributed by atoms with van der Waals surface area (Å²) in [4.78, 5) is 2.43. The molecule has 166 valence electrons. The molecule has 0 spiro atoms. The summed E-state index contributed by atoms with van der Waals surface area (Å²) in [5.41, 5.74) is 11.5. The smallest absolute Gasteiger partial charge is 0.191 e. The first-order valence-electron chi connectivity index (χ1n) is 11.1. The fourth-order valence-electron chi connectivity index (χ4n) is 4.20. The molecule has 2 aromatic carbocycles. The van der Waals surface area contributed by atoms with Crippen LogP contribution in [0.4, 0.5) is 5.69 Å². The van der Waals surface area contributed by atoms with Crippen LogP contribution in [0.5, 0.6) is 0 Å². The molecule has 32 heavy (non-hydrogen) atoms. The van der Waals surface area contributed by atoms with Gasteiger partial charge in [-0.3, -0.25) is 5.43 Å². The lowest BCUT2D eigenvalue weighted by molar-refractivity contribution is 0.0548. The molecule has 4 rings (SSSR count). The number of thiocarbonyl (C=S) groups is 1. The fraction of sp³-hybridized carbons (Fsp3) is 0.308. The standard InChI is InChI=1S/C26H30N4OS/c1-19-8-11-24(20(2)16-19)28-26(32)29-27-18-23-10-9-22(17-21-6-4-3-5-7-21)25(23)30-12-14-31-15-13-30/h3-8,11,16-18H,9-10,12-15H2,1-2H3,(H2,28,29,32)/b22-17-,27-18+. The Balaban J connectivity index is 1.50. The zero-order valence-corrected chi connectivity index (χ0v) is 19.5. The lowest BCUT2D eigenvalue weighted by Gasteiger charge is -2.31. The molecule has 2 N–H and O–H groups in total. The van der Waals surface area contributed by atoms with E-state index in [9.17, 15) is 0 Å². The number of anilines is 1. The molecule has 6 heteroatoms. The summed E-state index contributed by atoms with van der Waals surface area (Å²) in [5.74, 6) is 0. The number of nitrogens with zero attached hydrogens (tertiary/aromatic N) is 2. The normalized spacial score (nSPS) is 17.9. The van der Waals surface area contributed by atoms with E-state index >= 15 is 0 Å². The highest BCUT2D eigenvalue weighted by atomic mass is 32.1. The summed E-state index contributed by atoms with van der Waals surface area (Å²) < 4.78 is 5.58. The molecule has 1 saturated heterocycles. The summed E-state index contributed by atoms with van der Waals surface area (Å²) in [6, 6.07) is 16.7.